The first-order valence-electron chi connectivity index (χ1n) is 5.96. The topological polar surface area (TPSA) is 15.3 Å². The Bertz CT molecular complexity index is 321. The van der Waals surface area contributed by atoms with Crippen LogP contribution in [-0.2, 0) is 6.54 Å². The number of thiophene rings is 1. The average molecular weight is 259 g/mol. The van der Waals surface area contributed by atoms with Gasteiger partial charge in [-0.1, -0.05) is 18.5 Å². The molecule has 0 aromatic carbocycles. The highest BCUT2D eigenvalue weighted by Crippen LogP contribution is 2.21. The van der Waals surface area contributed by atoms with Gasteiger partial charge in [-0.2, -0.15) is 0 Å². The van der Waals surface area contributed by atoms with Crippen molar-refractivity contribution in [1.29, 1.82) is 0 Å². The Morgan fingerprint density at radius 3 is 3.06 bits per heavy atom. The molecule has 2 nitrogen and oxygen atoms in total. The molecule has 0 radical (unpaired) electrons. The summed E-state index contributed by atoms with van der Waals surface area (Å²) in [6.07, 6.45) is 2.65. The highest BCUT2D eigenvalue weighted by atomic mass is 35.5. The fourth-order valence-corrected chi connectivity index (χ4v) is 3.30. The molecular formula is C12H19ClN2S. The van der Waals surface area contributed by atoms with Crippen molar-refractivity contribution < 1.29 is 0 Å². The van der Waals surface area contributed by atoms with E-state index in [1.54, 1.807) is 11.3 Å². The minimum Gasteiger partial charge on any atom is -0.313 e. The van der Waals surface area contributed by atoms with Crippen LogP contribution >= 0.6 is 22.9 Å². The van der Waals surface area contributed by atoms with Crippen molar-refractivity contribution >= 4 is 22.9 Å². The van der Waals surface area contributed by atoms with E-state index in [-0.39, 0.29) is 0 Å². The van der Waals surface area contributed by atoms with E-state index in [1.165, 1.54) is 24.3 Å². The van der Waals surface area contributed by atoms with E-state index in [4.69, 9.17) is 11.6 Å². The highest BCUT2D eigenvalue weighted by Gasteiger charge is 2.17. The largest absolute Gasteiger partial charge is 0.313 e. The van der Waals surface area contributed by atoms with Crippen molar-refractivity contribution in [2.24, 2.45) is 0 Å². The molecule has 1 aliphatic heterocycles. The summed E-state index contributed by atoms with van der Waals surface area (Å²) in [6.45, 7) is 6.71. The Balaban J connectivity index is 1.84. The molecule has 1 fully saturated rings. The van der Waals surface area contributed by atoms with Gasteiger partial charge in [0.05, 0.1) is 5.02 Å². The van der Waals surface area contributed by atoms with Crippen LogP contribution in [0.5, 0.6) is 0 Å². The van der Waals surface area contributed by atoms with Gasteiger partial charge in [0, 0.05) is 29.4 Å². The van der Waals surface area contributed by atoms with Crippen LogP contribution in [0, 0.1) is 0 Å². The van der Waals surface area contributed by atoms with Gasteiger partial charge in [-0.15, -0.1) is 11.3 Å². The van der Waals surface area contributed by atoms with E-state index < -0.39 is 0 Å². The van der Waals surface area contributed by atoms with Crippen molar-refractivity contribution in [3.05, 3.63) is 21.3 Å². The number of rotatable bonds is 5. The zero-order valence-corrected chi connectivity index (χ0v) is 11.3. The van der Waals surface area contributed by atoms with Crippen molar-refractivity contribution in [3.63, 3.8) is 0 Å². The molecular weight excluding hydrogens is 240 g/mol. The number of halogens is 1. The Labute approximate surface area is 107 Å². The standard InChI is InChI=1S/C12H19ClN2S/c1-2-15(7-11-4-3-5-14-11)8-12-6-10(13)9-16-12/h6,9,11,14H,2-5,7-8H2,1H3. The molecule has 0 aliphatic carbocycles. The maximum Gasteiger partial charge on any atom is 0.0516 e. The first-order chi connectivity index (χ1) is 7.78. The van der Waals surface area contributed by atoms with Gasteiger partial charge in [-0.3, -0.25) is 4.90 Å². The lowest BCUT2D eigenvalue weighted by atomic mass is 10.2. The number of nitrogens with one attached hydrogen (secondary N) is 1. The number of nitrogens with zero attached hydrogens (tertiary/aromatic N) is 1. The average Bonchev–Trinajstić information content (AvgIpc) is 2.89. The van der Waals surface area contributed by atoms with Crippen molar-refractivity contribution in [3.8, 4) is 0 Å². The predicted octanol–water partition coefficient (Wildman–Crippen LogP) is 2.98. The molecule has 2 rings (SSSR count). The molecule has 1 N–H and O–H groups in total. The van der Waals surface area contributed by atoms with E-state index in [0.29, 0.717) is 6.04 Å². The molecule has 0 amide bonds. The van der Waals surface area contributed by atoms with Gasteiger partial charge in [0.25, 0.3) is 0 Å². The zero-order valence-electron chi connectivity index (χ0n) is 9.71. The summed E-state index contributed by atoms with van der Waals surface area (Å²) >= 11 is 7.69. The third kappa shape index (κ3) is 3.45. The molecule has 4 heteroatoms. The third-order valence-corrected chi connectivity index (χ3v) is 4.36. The van der Waals surface area contributed by atoms with E-state index in [2.05, 4.69) is 23.2 Å². The Morgan fingerprint density at radius 1 is 1.62 bits per heavy atom. The SMILES string of the molecule is CCN(Cc1cc(Cl)cs1)CC1CCCN1. The summed E-state index contributed by atoms with van der Waals surface area (Å²) in [5, 5.41) is 6.43. The van der Waals surface area contributed by atoms with Crippen molar-refractivity contribution in [2.45, 2.75) is 32.4 Å². The lowest BCUT2D eigenvalue weighted by Gasteiger charge is -2.23. The molecule has 1 saturated heterocycles. The van der Waals surface area contributed by atoms with E-state index >= 15 is 0 Å². The zero-order chi connectivity index (χ0) is 11.4. The maximum absolute atomic E-state index is 5.94. The van der Waals surface area contributed by atoms with Gasteiger partial charge in [-0.25, -0.2) is 0 Å². The van der Waals surface area contributed by atoms with Crippen LogP contribution in [0.15, 0.2) is 11.4 Å². The summed E-state index contributed by atoms with van der Waals surface area (Å²) in [7, 11) is 0. The van der Waals surface area contributed by atoms with Gasteiger partial charge in [0.2, 0.25) is 0 Å². The molecule has 1 aromatic heterocycles. The van der Waals surface area contributed by atoms with Crippen LogP contribution < -0.4 is 5.32 Å². The second-order valence-corrected chi connectivity index (χ2v) is 5.78. The Morgan fingerprint density at radius 2 is 2.50 bits per heavy atom. The van der Waals surface area contributed by atoms with Gasteiger partial charge in [-0.05, 0) is 32.0 Å². The highest BCUT2D eigenvalue weighted by molar-refractivity contribution is 7.10. The molecule has 1 unspecified atom stereocenters. The summed E-state index contributed by atoms with van der Waals surface area (Å²) in [4.78, 5) is 3.86. The fourth-order valence-electron chi connectivity index (χ4n) is 2.19. The quantitative estimate of drug-likeness (QED) is 0.874. The Kier molecular flexibility index (Phi) is 4.65. The second kappa shape index (κ2) is 6.01. The van der Waals surface area contributed by atoms with Crippen LogP contribution in [-0.4, -0.2) is 30.6 Å². The van der Waals surface area contributed by atoms with Gasteiger partial charge in [0.1, 0.15) is 0 Å². The second-order valence-electron chi connectivity index (χ2n) is 4.35. The van der Waals surface area contributed by atoms with Gasteiger partial charge >= 0.3 is 0 Å². The van der Waals surface area contributed by atoms with Crippen LogP contribution in [0.25, 0.3) is 0 Å². The van der Waals surface area contributed by atoms with Crippen LogP contribution in [0.4, 0.5) is 0 Å². The number of hydrogen-bond acceptors (Lipinski definition) is 3. The molecule has 0 saturated carbocycles. The molecule has 90 valence electrons. The predicted molar refractivity (Wildman–Crippen MR) is 71.3 cm³/mol. The van der Waals surface area contributed by atoms with Crippen LogP contribution in [0.3, 0.4) is 0 Å². The maximum atomic E-state index is 5.94. The summed E-state index contributed by atoms with van der Waals surface area (Å²) in [5.41, 5.74) is 0. The van der Waals surface area contributed by atoms with Crippen LogP contribution in [0.1, 0.15) is 24.6 Å². The Hall–Kier alpha value is -0.0900. The molecule has 2 heterocycles. The smallest absolute Gasteiger partial charge is 0.0516 e. The first-order valence-corrected chi connectivity index (χ1v) is 7.22. The summed E-state index contributed by atoms with van der Waals surface area (Å²) in [6, 6.07) is 2.77. The molecule has 16 heavy (non-hydrogen) atoms. The lowest BCUT2D eigenvalue weighted by Crippen LogP contribution is -2.36. The third-order valence-electron chi connectivity index (χ3n) is 3.09. The normalized spacial score (nSPS) is 20.8. The van der Waals surface area contributed by atoms with Gasteiger partial charge in [0.15, 0.2) is 0 Å². The number of hydrogen-bond donors (Lipinski definition) is 1. The van der Waals surface area contributed by atoms with E-state index in [9.17, 15) is 0 Å². The lowest BCUT2D eigenvalue weighted by molar-refractivity contribution is 0.255. The number of likely N-dealkylation sites (N-methyl/N-ethyl adjacent to an activating group) is 1. The summed E-state index contributed by atoms with van der Waals surface area (Å²) < 4.78 is 0. The van der Waals surface area contributed by atoms with Crippen molar-refractivity contribution in [2.75, 3.05) is 19.6 Å². The fraction of sp³-hybridized carbons (Fsp3) is 0.667. The van der Waals surface area contributed by atoms with Gasteiger partial charge < -0.3 is 5.32 Å². The summed E-state index contributed by atoms with van der Waals surface area (Å²) in [5.74, 6) is 0. The minimum atomic E-state index is 0.690. The van der Waals surface area contributed by atoms with E-state index in [0.717, 1.165) is 24.7 Å². The molecule has 1 aromatic rings. The van der Waals surface area contributed by atoms with Crippen LogP contribution in [0.2, 0.25) is 5.02 Å². The molecule has 1 atom stereocenters. The molecule has 0 bridgehead atoms. The molecule has 0 spiro atoms. The first kappa shape index (κ1) is 12.4. The van der Waals surface area contributed by atoms with E-state index in [1.807, 2.05) is 5.38 Å². The monoisotopic (exact) mass is 258 g/mol. The minimum absolute atomic E-state index is 0.690. The van der Waals surface area contributed by atoms with Crippen molar-refractivity contribution in [1.82, 2.24) is 10.2 Å². The molecule has 1 aliphatic rings.